The summed E-state index contributed by atoms with van der Waals surface area (Å²) in [7, 11) is -0.483. The number of fused-ring (bicyclic) bond motifs is 1. The summed E-state index contributed by atoms with van der Waals surface area (Å²) in [5.41, 5.74) is 2.75. The molecule has 0 saturated carbocycles. The summed E-state index contributed by atoms with van der Waals surface area (Å²) >= 11 is 0. The Morgan fingerprint density at radius 3 is 2.46 bits per heavy atom. The van der Waals surface area contributed by atoms with E-state index in [1.807, 2.05) is 38.1 Å². The van der Waals surface area contributed by atoms with E-state index in [-0.39, 0.29) is 10.8 Å². The number of hydrogen-bond donors (Lipinski definition) is 0. The SMILES string of the molecule is CC[C@@H](Oc1ccc(C)cc1)C(=O)N1CCc2cc(S(=O)(=O)N(C)C)ccc21. The zero-order valence-electron chi connectivity index (χ0n) is 16.7. The second-order valence-electron chi connectivity index (χ2n) is 7.15. The van der Waals surface area contributed by atoms with Crippen molar-refractivity contribution < 1.29 is 17.9 Å². The highest BCUT2D eigenvalue weighted by Gasteiger charge is 2.31. The molecule has 0 fully saturated rings. The maximum atomic E-state index is 13.1. The van der Waals surface area contributed by atoms with Crippen molar-refractivity contribution in [3.05, 3.63) is 53.6 Å². The Morgan fingerprint density at radius 2 is 1.86 bits per heavy atom. The molecule has 0 N–H and O–H groups in total. The van der Waals surface area contributed by atoms with E-state index in [0.29, 0.717) is 25.1 Å². The number of anilines is 1. The lowest BCUT2D eigenvalue weighted by Gasteiger charge is -2.24. The molecule has 1 heterocycles. The summed E-state index contributed by atoms with van der Waals surface area (Å²) in [6.45, 7) is 4.44. The molecule has 3 rings (SSSR count). The minimum absolute atomic E-state index is 0.106. The van der Waals surface area contributed by atoms with Crippen LogP contribution >= 0.6 is 0 Å². The number of carbonyl (C=O) groups excluding carboxylic acids is 1. The molecule has 0 spiro atoms. The molecule has 1 amide bonds. The Morgan fingerprint density at radius 1 is 1.18 bits per heavy atom. The van der Waals surface area contributed by atoms with Crippen molar-refractivity contribution in [3.8, 4) is 5.75 Å². The highest BCUT2D eigenvalue weighted by molar-refractivity contribution is 7.89. The van der Waals surface area contributed by atoms with Crippen LogP contribution in [-0.4, -0.2) is 45.4 Å². The number of sulfonamides is 1. The Bertz CT molecular complexity index is 968. The minimum atomic E-state index is -3.50. The number of nitrogens with zero attached hydrogens (tertiary/aromatic N) is 2. The van der Waals surface area contributed by atoms with Gasteiger partial charge in [0.05, 0.1) is 4.90 Å². The molecule has 0 aromatic heterocycles. The summed E-state index contributed by atoms with van der Waals surface area (Å²) in [4.78, 5) is 15.0. The van der Waals surface area contributed by atoms with Gasteiger partial charge in [-0.3, -0.25) is 4.79 Å². The number of hydrogen-bond acceptors (Lipinski definition) is 4. The zero-order valence-corrected chi connectivity index (χ0v) is 17.5. The van der Waals surface area contributed by atoms with E-state index in [2.05, 4.69) is 0 Å². The first kappa shape index (κ1) is 20.4. The molecule has 7 heteroatoms. The summed E-state index contributed by atoms with van der Waals surface area (Å²) in [5, 5.41) is 0. The summed E-state index contributed by atoms with van der Waals surface area (Å²) in [5.74, 6) is 0.558. The molecule has 2 aromatic rings. The second kappa shape index (κ2) is 7.93. The lowest BCUT2D eigenvalue weighted by Crippen LogP contribution is -2.41. The van der Waals surface area contributed by atoms with Crippen LogP contribution < -0.4 is 9.64 Å². The third kappa shape index (κ3) is 3.91. The van der Waals surface area contributed by atoms with Gasteiger partial charge in [0, 0.05) is 26.3 Å². The number of aryl methyl sites for hydroxylation is 1. The average molecular weight is 403 g/mol. The fourth-order valence-electron chi connectivity index (χ4n) is 3.24. The predicted octanol–water partition coefficient (Wildman–Crippen LogP) is 2.99. The molecule has 0 radical (unpaired) electrons. The van der Waals surface area contributed by atoms with Gasteiger partial charge in [0.2, 0.25) is 10.0 Å². The molecule has 2 aromatic carbocycles. The molecule has 0 unspecified atom stereocenters. The fourth-order valence-corrected chi connectivity index (χ4v) is 4.19. The van der Waals surface area contributed by atoms with Crippen LogP contribution in [0.2, 0.25) is 0 Å². The number of benzene rings is 2. The lowest BCUT2D eigenvalue weighted by molar-refractivity contribution is -0.125. The van der Waals surface area contributed by atoms with E-state index in [1.54, 1.807) is 23.1 Å². The van der Waals surface area contributed by atoms with Crippen molar-refractivity contribution in [3.63, 3.8) is 0 Å². The minimum Gasteiger partial charge on any atom is -0.481 e. The van der Waals surface area contributed by atoms with Crippen LogP contribution in [0.15, 0.2) is 47.4 Å². The molecule has 150 valence electrons. The van der Waals surface area contributed by atoms with Crippen molar-refractivity contribution in [1.29, 1.82) is 0 Å². The molecule has 1 aliphatic heterocycles. The van der Waals surface area contributed by atoms with Gasteiger partial charge in [-0.05, 0) is 55.7 Å². The Kier molecular flexibility index (Phi) is 5.76. The van der Waals surface area contributed by atoms with Crippen LogP contribution in [0.1, 0.15) is 24.5 Å². The van der Waals surface area contributed by atoms with Crippen molar-refractivity contribution in [2.45, 2.75) is 37.7 Å². The Hall–Kier alpha value is -2.38. The fraction of sp³-hybridized carbons (Fsp3) is 0.381. The first-order valence-electron chi connectivity index (χ1n) is 9.34. The van der Waals surface area contributed by atoms with E-state index >= 15 is 0 Å². The van der Waals surface area contributed by atoms with Crippen molar-refractivity contribution in [2.24, 2.45) is 0 Å². The van der Waals surface area contributed by atoms with E-state index in [4.69, 9.17) is 4.74 Å². The van der Waals surface area contributed by atoms with Crippen LogP contribution in [0.25, 0.3) is 0 Å². The van der Waals surface area contributed by atoms with Gasteiger partial charge in [-0.2, -0.15) is 0 Å². The smallest absolute Gasteiger partial charge is 0.268 e. The van der Waals surface area contributed by atoms with Crippen molar-refractivity contribution >= 4 is 21.6 Å². The van der Waals surface area contributed by atoms with Crippen LogP contribution in [0.5, 0.6) is 5.75 Å². The third-order valence-electron chi connectivity index (χ3n) is 4.94. The van der Waals surface area contributed by atoms with Crippen LogP contribution in [0, 0.1) is 6.92 Å². The topological polar surface area (TPSA) is 66.9 Å². The van der Waals surface area contributed by atoms with Gasteiger partial charge >= 0.3 is 0 Å². The summed E-state index contributed by atoms with van der Waals surface area (Å²) in [6, 6.07) is 12.6. The van der Waals surface area contributed by atoms with Crippen LogP contribution in [-0.2, 0) is 21.2 Å². The molecule has 0 saturated heterocycles. The maximum Gasteiger partial charge on any atom is 0.268 e. The van der Waals surface area contributed by atoms with Crippen LogP contribution in [0.4, 0.5) is 5.69 Å². The molecule has 6 nitrogen and oxygen atoms in total. The van der Waals surface area contributed by atoms with Gasteiger partial charge in [0.25, 0.3) is 5.91 Å². The van der Waals surface area contributed by atoms with Crippen LogP contribution in [0.3, 0.4) is 0 Å². The quantitative estimate of drug-likeness (QED) is 0.745. The second-order valence-corrected chi connectivity index (χ2v) is 9.30. The first-order valence-corrected chi connectivity index (χ1v) is 10.8. The average Bonchev–Trinajstić information content (AvgIpc) is 3.10. The summed E-state index contributed by atoms with van der Waals surface area (Å²) < 4.78 is 31.8. The molecular weight excluding hydrogens is 376 g/mol. The van der Waals surface area contributed by atoms with Crippen molar-refractivity contribution in [2.75, 3.05) is 25.5 Å². The van der Waals surface area contributed by atoms with Gasteiger partial charge in [-0.1, -0.05) is 24.6 Å². The van der Waals surface area contributed by atoms with E-state index in [1.165, 1.54) is 18.4 Å². The highest BCUT2D eigenvalue weighted by atomic mass is 32.2. The largest absolute Gasteiger partial charge is 0.481 e. The normalized spacial score (nSPS) is 14.8. The monoisotopic (exact) mass is 402 g/mol. The van der Waals surface area contributed by atoms with Crippen molar-refractivity contribution in [1.82, 2.24) is 4.31 Å². The molecule has 28 heavy (non-hydrogen) atoms. The maximum absolute atomic E-state index is 13.1. The number of amides is 1. The van der Waals surface area contributed by atoms with Gasteiger partial charge in [-0.25, -0.2) is 12.7 Å². The molecule has 0 bridgehead atoms. The Labute approximate surface area is 166 Å². The summed E-state index contributed by atoms with van der Waals surface area (Å²) in [6.07, 6.45) is 0.587. The molecular formula is C21H26N2O4S. The zero-order chi connectivity index (χ0) is 20.5. The third-order valence-corrected chi connectivity index (χ3v) is 6.75. The lowest BCUT2D eigenvalue weighted by atomic mass is 10.1. The van der Waals surface area contributed by atoms with Gasteiger partial charge in [0.15, 0.2) is 6.10 Å². The predicted molar refractivity (Wildman–Crippen MR) is 109 cm³/mol. The van der Waals surface area contributed by atoms with E-state index in [9.17, 15) is 13.2 Å². The number of rotatable bonds is 6. The standard InChI is InChI=1S/C21H26N2O4S/c1-5-20(27-17-8-6-15(2)7-9-17)21(24)23-13-12-16-14-18(10-11-19(16)23)28(25,26)22(3)4/h6-11,14,20H,5,12-13H2,1-4H3/t20-/m1/s1. The van der Waals surface area contributed by atoms with Gasteiger partial charge in [-0.15, -0.1) is 0 Å². The van der Waals surface area contributed by atoms with Gasteiger partial charge in [0.1, 0.15) is 5.75 Å². The number of ether oxygens (including phenoxy) is 1. The van der Waals surface area contributed by atoms with E-state index < -0.39 is 16.1 Å². The van der Waals surface area contributed by atoms with Gasteiger partial charge < -0.3 is 9.64 Å². The molecule has 1 aliphatic rings. The number of carbonyl (C=O) groups is 1. The molecule has 0 aliphatic carbocycles. The Balaban J connectivity index is 1.82. The first-order chi connectivity index (χ1) is 13.2. The molecule has 1 atom stereocenters. The highest BCUT2D eigenvalue weighted by Crippen LogP contribution is 2.32. The van der Waals surface area contributed by atoms with E-state index in [0.717, 1.165) is 16.8 Å².